The molecule has 0 aliphatic heterocycles. The number of anilines is 1. The third-order valence-corrected chi connectivity index (χ3v) is 2.93. The third-order valence-electron chi connectivity index (χ3n) is 2.32. The Morgan fingerprint density at radius 3 is 2.89 bits per heavy atom. The van der Waals surface area contributed by atoms with E-state index < -0.39 is 10.7 Å². The van der Waals surface area contributed by atoms with Gasteiger partial charge in [0.25, 0.3) is 5.69 Å². The van der Waals surface area contributed by atoms with E-state index in [1.54, 1.807) is 7.05 Å². The standard InChI is InChI=1S/C10H9BrFN5O2/c1-16-5-14-10(15-16)4-13-8-2-6(11)7(12)3-9(8)17(18)19/h2-3,5,13H,4H2,1H3. The van der Waals surface area contributed by atoms with Crippen LogP contribution in [0.1, 0.15) is 5.82 Å². The van der Waals surface area contributed by atoms with Crippen molar-refractivity contribution in [3.8, 4) is 0 Å². The van der Waals surface area contributed by atoms with E-state index in [4.69, 9.17) is 0 Å². The quantitative estimate of drug-likeness (QED) is 0.686. The van der Waals surface area contributed by atoms with Crippen molar-refractivity contribution in [1.29, 1.82) is 0 Å². The topological polar surface area (TPSA) is 85.9 Å². The van der Waals surface area contributed by atoms with Crippen molar-refractivity contribution in [2.75, 3.05) is 5.32 Å². The van der Waals surface area contributed by atoms with Gasteiger partial charge in [0.2, 0.25) is 0 Å². The number of aromatic nitrogens is 3. The molecule has 0 aliphatic rings. The highest BCUT2D eigenvalue weighted by atomic mass is 79.9. The largest absolute Gasteiger partial charge is 0.372 e. The van der Waals surface area contributed by atoms with Crippen LogP contribution in [0.4, 0.5) is 15.8 Å². The predicted molar refractivity (Wildman–Crippen MR) is 69.1 cm³/mol. The maximum absolute atomic E-state index is 13.3. The van der Waals surface area contributed by atoms with Gasteiger partial charge in [-0.15, -0.1) is 0 Å². The molecule has 19 heavy (non-hydrogen) atoms. The van der Waals surface area contributed by atoms with Gasteiger partial charge in [-0.25, -0.2) is 9.37 Å². The molecule has 0 saturated heterocycles. The van der Waals surface area contributed by atoms with E-state index >= 15 is 0 Å². The van der Waals surface area contributed by atoms with E-state index in [9.17, 15) is 14.5 Å². The zero-order valence-electron chi connectivity index (χ0n) is 9.80. The number of aryl methyl sites for hydroxylation is 1. The molecular formula is C10H9BrFN5O2. The number of benzene rings is 1. The van der Waals surface area contributed by atoms with Crippen LogP contribution in [0.2, 0.25) is 0 Å². The Kier molecular flexibility index (Phi) is 3.74. The Morgan fingerprint density at radius 1 is 1.58 bits per heavy atom. The van der Waals surface area contributed by atoms with Crippen LogP contribution in [0, 0.1) is 15.9 Å². The number of rotatable bonds is 4. The summed E-state index contributed by atoms with van der Waals surface area (Å²) >= 11 is 2.99. The summed E-state index contributed by atoms with van der Waals surface area (Å²) in [4.78, 5) is 14.2. The Bertz CT molecular complexity index is 630. The van der Waals surface area contributed by atoms with Gasteiger partial charge in [0.05, 0.1) is 22.0 Å². The van der Waals surface area contributed by atoms with Crippen LogP contribution >= 0.6 is 15.9 Å². The molecule has 0 unspecified atom stereocenters. The van der Waals surface area contributed by atoms with E-state index in [0.717, 1.165) is 6.07 Å². The monoisotopic (exact) mass is 329 g/mol. The summed E-state index contributed by atoms with van der Waals surface area (Å²) in [5.41, 5.74) is -0.137. The predicted octanol–water partition coefficient (Wildman–Crippen LogP) is 2.24. The highest BCUT2D eigenvalue weighted by Gasteiger charge is 2.17. The number of nitrogens with zero attached hydrogens (tertiary/aromatic N) is 4. The first-order chi connectivity index (χ1) is 8.97. The van der Waals surface area contributed by atoms with Crippen LogP contribution in [-0.2, 0) is 13.6 Å². The Labute approximate surface area is 115 Å². The van der Waals surface area contributed by atoms with Gasteiger partial charge >= 0.3 is 0 Å². The van der Waals surface area contributed by atoms with Crippen LogP contribution in [0.15, 0.2) is 22.9 Å². The van der Waals surface area contributed by atoms with Crippen molar-refractivity contribution in [3.05, 3.63) is 44.7 Å². The lowest BCUT2D eigenvalue weighted by Crippen LogP contribution is -2.05. The lowest BCUT2D eigenvalue weighted by molar-refractivity contribution is -0.384. The smallest absolute Gasteiger partial charge is 0.295 e. The Hall–Kier alpha value is -2.03. The lowest BCUT2D eigenvalue weighted by Gasteiger charge is -2.06. The third kappa shape index (κ3) is 3.05. The van der Waals surface area contributed by atoms with Gasteiger partial charge in [0.15, 0.2) is 5.82 Å². The van der Waals surface area contributed by atoms with E-state index in [0.29, 0.717) is 5.82 Å². The van der Waals surface area contributed by atoms with Gasteiger partial charge in [-0.3, -0.25) is 14.8 Å². The van der Waals surface area contributed by atoms with Crippen LogP contribution in [-0.4, -0.2) is 19.7 Å². The molecule has 9 heteroatoms. The molecule has 1 aromatic carbocycles. The number of hydrogen-bond donors (Lipinski definition) is 1. The minimum atomic E-state index is -0.687. The van der Waals surface area contributed by atoms with Crippen LogP contribution < -0.4 is 5.32 Å². The minimum absolute atomic E-state index is 0.148. The van der Waals surface area contributed by atoms with Crippen molar-refractivity contribution in [2.24, 2.45) is 7.05 Å². The van der Waals surface area contributed by atoms with Gasteiger partial charge in [-0.1, -0.05) is 0 Å². The molecule has 0 spiro atoms. The van der Waals surface area contributed by atoms with Crippen molar-refractivity contribution >= 4 is 27.3 Å². The molecular weight excluding hydrogens is 321 g/mol. The molecule has 0 atom stereocenters. The summed E-state index contributed by atoms with van der Waals surface area (Å²) in [5.74, 6) is -0.203. The second-order valence-corrected chi connectivity index (χ2v) is 4.58. The lowest BCUT2D eigenvalue weighted by atomic mass is 10.2. The van der Waals surface area contributed by atoms with E-state index in [-0.39, 0.29) is 22.4 Å². The van der Waals surface area contributed by atoms with E-state index in [2.05, 4.69) is 31.3 Å². The van der Waals surface area contributed by atoms with Gasteiger partial charge in [-0.2, -0.15) is 5.10 Å². The second kappa shape index (κ2) is 5.31. The van der Waals surface area contributed by atoms with Crippen molar-refractivity contribution < 1.29 is 9.31 Å². The molecule has 1 aromatic heterocycles. The molecule has 0 saturated carbocycles. The van der Waals surface area contributed by atoms with Gasteiger partial charge in [0, 0.05) is 7.05 Å². The van der Waals surface area contributed by atoms with Crippen molar-refractivity contribution in [3.63, 3.8) is 0 Å². The fourth-order valence-corrected chi connectivity index (χ4v) is 1.81. The molecule has 7 nitrogen and oxygen atoms in total. The normalized spacial score (nSPS) is 10.5. The molecule has 2 rings (SSSR count). The summed E-state index contributed by atoms with van der Waals surface area (Å²) in [6, 6.07) is 2.18. The molecule has 2 aromatic rings. The first-order valence-corrected chi connectivity index (χ1v) is 5.98. The average Bonchev–Trinajstić information content (AvgIpc) is 2.76. The number of nitro benzene ring substituents is 1. The van der Waals surface area contributed by atoms with E-state index in [1.807, 2.05) is 0 Å². The number of nitro groups is 1. The highest BCUT2D eigenvalue weighted by Crippen LogP contribution is 2.30. The summed E-state index contributed by atoms with van der Waals surface area (Å²) in [7, 11) is 1.72. The van der Waals surface area contributed by atoms with Crippen molar-refractivity contribution in [1.82, 2.24) is 14.8 Å². The summed E-state index contributed by atoms with van der Waals surface area (Å²) < 4.78 is 14.9. The molecule has 0 amide bonds. The van der Waals surface area contributed by atoms with E-state index in [1.165, 1.54) is 17.1 Å². The van der Waals surface area contributed by atoms with Gasteiger partial charge in [-0.05, 0) is 22.0 Å². The molecule has 0 bridgehead atoms. The van der Waals surface area contributed by atoms with Crippen LogP contribution in [0.25, 0.3) is 0 Å². The van der Waals surface area contributed by atoms with Crippen LogP contribution in [0.5, 0.6) is 0 Å². The van der Waals surface area contributed by atoms with Gasteiger partial charge in [0.1, 0.15) is 17.8 Å². The minimum Gasteiger partial charge on any atom is -0.372 e. The maximum Gasteiger partial charge on any atom is 0.295 e. The molecule has 1 heterocycles. The fourth-order valence-electron chi connectivity index (χ4n) is 1.47. The molecule has 0 radical (unpaired) electrons. The highest BCUT2D eigenvalue weighted by molar-refractivity contribution is 9.10. The Morgan fingerprint density at radius 2 is 2.32 bits per heavy atom. The number of nitrogens with one attached hydrogen (secondary N) is 1. The fraction of sp³-hybridized carbons (Fsp3) is 0.200. The number of hydrogen-bond acceptors (Lipinski definition) is 5. The van der Waals surface area contributed by atoms with Crippen molar-refractivity contribution in [2.45, 2.75) is 6.54 Å². The maximum atomic E-state index is 13.3. The number of halogens is 2. The molecule has 0 aliphatic carbocycles. The zero-order valence-corrected chi connectivity index (χ0v) is 11.4. The summed E-state index contributed by atoms with van der Waals surface area (Å²) in [5, 5.41) is 17.7. The molecule has 100 valence electrons. The Balaban J connectivity index is 2.23. The van der Waals surface area contributed by atoms with Crippen LogP contribution in [0.3, 0.4) is 0 Å². The first-order valence-electron chi connectivity index (χ1n) is 5.19. The molecule has 1 N–H and O–H groups in total. The SMILES string of the molecule is Cn1cnc(CNc2cc(Br)c(F)cc2[N+](=O)[O-])n1. The second-order valence-electron chi connectivity index (χ2n) is 3.73. The summed E-state index contributed by atoms with van der Waals surface area (Å²) in [6.07, 6.45) is 1.52. The average molecular weight is 330 g/mol. The van der Waals surface area contributed by atoms with Gasteiger partial charge < -0.3 is 5.32 Å². The summed E-state index contributed by atoms with van der Waals surface area (Å²) in [6.45, 7) is 0.208. The molecule has 0 fully saturated rings. The zero-order chi connectivity index (χ0) is 14.0. The first kappa shape index (κ1) is 13.4.